The molecule has 0 aromatic heterocycles. The summed E-state index contributed by atoms with van der Waals surface area (Å²) in [6, 6.07) is 0. The normalized spacial score (nSPS) is 30.3. The van der Waals surface area contributed by atoms with E-state index < -0.39 is 37.0 Å². The molecule has 0 radical (unpaired) electrons. The number of hydrogen-bond acceptors (Lipinski definition) is 6. The quantitative estimate of drug-likeness (QED) is 0.333. The molecule has 1 saturated heterocycles. The van der Waals surface area contributed by atoms with Crippen LogP contribution in [0, 0.1) is 11.8 Å². The Bertz CT molecular complexity index is 447. The standard InChI is InChI=1S/C12H17O6P/c1-3-16-19(15,17-4-2)9-7-5-6-8-10(9)12(14)18-11(8)13/h5,7-10H,3-4,6H2,1-2H3/t8-,9+,10-/m0/s1. The number of hydrogen-bond donors (Lipinski definition) is 0. The Morgan fingerprint density at radius 2 is 1.89 bits per heavy atom. The Morgan fingerprint density at radius 3 is 2.47 bits per heavy atom. The third-order valence-corrected chi connectivity index (χ3v) is 5.74. The Kier molecular flexibility index (Phi) is 4.23. The molecule has 1 fully saturated rings. The molecule has 106 valence electrons. The van der Waals surface area contributed by atoms with E-state index in [4.69, 9.17) is 9.05 Å². The molecule has 1 aliphatic heterocycles. The van der Waals surface area contributed by atoms with Gasteiger partial charge in [0.1, 0.15) is 0 Å². The van der Waals surface area contributed by atoms with Gasteiger partial charge in [0, 0.05) is 0 Å². The van der Waals surface area contributed by atoms with Crippen molar-refractivity contribution in [1.82, 2.24) is 0 Å². The summed E-state index contributed by atoms with van der Waals surface area (Å²) in [6.07, 6.45) is 3.80. The van der Waals surface area contributed by atoms with Crippen molar-refractivity contribution >= 4 is 19.5 Å². The highest BCUT2D eigenvalue weighted by molar-refractivity contribution is 7.55. The molecular formula is C12H17O6P. The number of cyclic esters (lactones) is 2. The third-order valence-electron chi connectivity index (χ3n) is 3.28. The number of rotatable bonds is 5. The van der Waals surface area contributed by atoms with Crippen LogP contribution >= 0.6 is 7.60 Å². The van der Waals surface area contributed by atoms with Crippen LogP contribution in [-0.4, -0.2) is 30.8 Å². The highest BCUT2D eigenvalue weighted by atomic mass is 31.2. The Morgan fingerprint density at radius 1 is 1.26 bits per heavy atom. The van der Waals surface area contributed by atoms with Crippen LogP contribution in [0.4, 0.5) is 0 Å². The van der Waals surface area contributed by atoms with E-state index in [2.05, 4.69) is 4.74 Å². The van der Waals surface area contributed by atoms with Gasteiger partial charge >= 0.3 is 19.5 Å². The zero-order chi connectivity index (χ0) is 14.0. The van der Waals surface area contributed by atoms with E-state index in [-0.39, 0.29) is 13.2 Å². The lowest BCUT2D eigenvalue weighted by Crippen LogP contribution is -2.33. The average molecular weight is 288 g/mol. The molecule has 6 nitrogen and oxygen atoms in total. The van der Waals surface area contributed by atoms with Crippen molar-refractivity contribution in [2.24, 2.45) is 11.8 Å². The zero-order valence-corrected chi connectivity index (χ0v) is 11.8. The molecule has 0 unspecified atom stereocenters. The molecule has 0 amide bonds. The number of ether oxygens (including phenoxy) is 1. The molecule has 0 saturated carbocycles. The second-order valence-corrected chi connectivity index (χ2v) is 6.59. The monoisotopic (exact) mass is 288 g/mol. The molecular weight excluding hydrogens is 271 g/mol. The van der Waals surface area contributed by atoms with Crippen LogP contribution in [0.2, 0.25) is 0 Å². The second kappa shape index (κ2) is 5.57. The number of fused-ring (bicyclic) bond motifs is 1. The van der Waals surface area contributed by atoms with E-state index in [1.165, 1.54) is 0 Å². The molecule has 1 heterocycles. The maximum Gasteiger partial charge on any atom is 0.338 e. The minimum Gasteiger partial charge on any atom is -0.393 e. The van der Waals surface area contributed by atoms with Gasteiger partial charge in [-0.15, -0.1) is 0 Å². The molecule has 1 aliphatic carbocycles. The van der Waals surface area contributed by atoms with Gasteiger partial charge in [-0.1, -0.05) is 12.2 Å². The van der Waals surface area contributed by atoms with E-state index in [9.17, 15) is 14.2 Å². The Hall–Kier alpha value is -0.970. The number of allylic oxidation sites excluding steroid dienone is 2. The van der Waals surface area contributed by atoms with Gasteiger partial charge in [-0.3, -0.25) is 14.2 Å². The van der Waals surface area contributed by atoms with Gasteiger partial charge < -0.3 is 13.8 Å². The topological polar surface area (TPSA) is 78.9 Å². The second-order valence-electron chi connectivity index (χ2n) is 4.40. The summed E-state index contributed by atoms with van der Waals surface area (Å²) in [5, 5.41) is 0. The lowest BCUT2D eigenvalue weighted by molar-refractivity contribution is -0.153. The van der Waals surface area contributed by atoms with Crippen LogP contribution < -0.4 is 0 Å². The lowest BCUT2D eigenvalue weighted by Gasteiger charge is -2.30. The molecule has 19 heavy (non-hydrogen) atoms. The van der Waals surface area contributed by atoms with E-state index in [1.807, 2.05) is 0 Å². The number of carbonyl (C=O) groups excluding carboxylic acids is 2. The first kappa shape index (κ1) is 14.4. The van der Waals surface area contributed by atoms with E-state index in [0.717, 1.165) is 0 Å². The number of carbonyl (C=O) groups is 2. The molecule has 0 aromatic rings. The minimum absolute atomic E-state index is 0.210. The molecule has 0 aromatic carbocycles. The van der Waals surface area contributed by atoms with Crippen molar-refractivity contribution in [1.29, 1.82) is 0 Å². The van der Waals surface area contributed by atoms with Crippen LogP contribution in [0.1, 0.15) is 20.3 Å². The third kappa shape index (κ3) is 2.53. The van der Waals surface area contributed by atoms with Gasteiger partial charge in [-0.25, -0.2) is 0 Å². The van der Waals surface area contributed by atoms with Crippen LogP contribution in [-0.2, 0) is 27.9 Å². The van der Waals surface area contributed by atoms with E-state index >= 15 is 0 Å². The van der Waals surface area contributed by atoms with Crippen molar-refractivity contribution in [3.63, 3.8) is 0 Å². The summed E-state index contributed by atoms with van der Waals surface area (Å²) < 4.78 is 27.9. The lowest BCUT2D eigenvalue weighted by atomic mass is 9.85. The summed E-state index contributed by atoms with van der Waals surface area (Å²) in [5.74, 6) is -2.52. The van der Waals surface area contributed by atoms with Crippen LogP contribution in [0.5, 0.6) is 0 Å². The molecule has 2 aliphatic rings. The van der Waals surface area contributed by atoms with Crippen molar-refractivity contribution in [3.05, 3.63) is 12.2 Å². The molecule has 0 spiro atoms. The summed E-state index contributed by atoms with van der Waals surface area (Å²) in [6.45, 7) is 3.83. The van der Waals surface area contributed by atoms with Gasteiger partial charge in [0.2, 0.25) is 0 Å². The zero-order valence-electron chi connectivity index (χ0n) is 10.9. The SMILES string of the molecule is CCOP(=O)(OCC)[C@@H]1C=CC[C@@H]2C(=O)OC(=O)[C@@H]21. The molecule has 7 heteroatoms. The fraction of sp³-hybridized carbons (Fsp3) is 0.667. The fourth-order valence-corrected chi connectivity index (χ4v) is 4.72. The fourth-order valence-electron chi connectivity index (χ4n) is 2.53. The predicted molar refractivity (Wildman–Crippen MR) is 66.5 cm³/mol. The Balaban J connectivity index is 2.34. The van der Waals surface area contributed by atoms with Crippen molar-refractivity contribution in [2.45, 2.75) is 25.9 Å². The van der Waals surface area contributed by atoms with Crippen LogP contribution in [0.15, 0.2) is 12.2 Å². The van der Waals surface area contributed by atoms with Gasteiger partial charge in [0.05, 0.1) is 30.7 Å². The number of esters is 2. The summed E-state index contributed by atoms with van der Waals surface area (Å²) >= 11 is 0. The predicted octanol–water partition coefficient (Wildman–Crippen LogP) is 1.90. The van der Waals surface area contributed by atoms with E-state index in [1.54, 1.807) is 26.0 Å². The smallest absolute Gasteiger partial charge is 0.338 e. The molecule has 3 atom stereocenters. The minimum atomic E-state index is -3.47. The highest BCUT2D eigenvalue weighted by Gasteiger charge is 2.55. The summed E-state index contributed by atoms with van der Waals surface area (Å²) in [5.41, 5.74) is -0.745. The average Bonchev–Trinajstić information content (AvgIpc) is 2.66. The van der Waals surface area contributed by atoms with Gasteiger partial charge in [-0.2, -0.15) is 0 Å². The van der Waals surface area contributed by atoms with Crippen molar-refractivity contribution in [3.8, 4) is 0 Å². The van der Waals surface area contributed by atoms with Crippen molar-refractivity contribution < 1.29 is 27.9 Å². The van der Waals surface area contributed by atoms with E-state index in [0.29, 0.717) is 6.42 Å². The van der Waals surface area contributed by atoms with Crippen LogP contribution in [0.3, 0.4) is 0 Å². The highest BCUT2D eigenvalue weighted by Crippen LogP contribution is 2.59. The maximum absolute atomic E-state index is 12.7. The molecule has 0 bridgehead atoms. The molecule has 2 rings (SSSR count). The Labute approximate surface area is 111 Å². The van der Waals surface area contributed by atoms with Gasteiger partial charge in [0.15, 0.2) is 0 Å². The molecule has 0 N–H and O–H groups in total. The maximum atomic E-state index is 12.7. The first-order chi connectivity index (χ1) is 9.03. The first-order valence-corrected chi connectivity index (χ1v) is 7.95. The summed E-state index contributed by atoms with van der Waals surface area (Å²) in [4.78, 5) is 23.3. The largest absolute Gasteiger partial charge is 0.393 e. The summed E-state index contributed by atoms with van der Waals surface area (Å²) in [7, 11) is -3.47. The van der Waals surface area contributed by atoms with Crippen molar-refractivity contribution in [2.75, 3.05) is 13.2 Å². The first-order valence-electron chi connectivity index (χ1n) is 6.34. The van der Waals surface area contributed by atoms with Gasteiger partial charge in [-0.05, 0) is 20.3 Å². The van der Waals surface area contributed by atoms with Crippen LogP contribution in [0.25, 0.3) is 0 Å². The van der Waals surface area contributed by atoms with Gasteiger partial charge in [0.25, 0.3) is 0 Å².